The minimum atomic E-state index is -2.26. The van der Waals surface area contributed by atoms with E-state index in [0.717, 1.165) is 13.8 Å². The van der Waals surface area contributed by atoms with E-state index < -0.39 is 236 Å². The molecule has 0 aromatic heterocycles. The summed E-state index contributed by atoms with van der Waals surface area (Å²) in [6, 6.07) is -3.28. The molecule has 0 aliphatic carbocycles. The van der Waals surface area contributed by atoms with Crippen LogP contribution in [0.2, 0.25) is 0 Å². The summed E-state index contributed by atoms with van der Waals surface area (Å²) in [7, 11) is 0. The number of amides is 2. The number of nitrogens with one attached hydrogen (secondary N) is 2. The molecule has 0 radical (unpaired) electrons. The van der Waals surface area contributed by atoms with Gasteiger partial charge >= 0.3 is 0 Å². The van der Waals surface area contributed by atoms with Crippen molar-refractivity contribution in [2.45, 2.75) is 198 Å². The van der Waals surface area contributed by atoms with E-state index in [4.69, 9.17) is 52.1 Å². The van der Waals surface area contributed by atoms with E-state index in [0.29, 0.717) is 0 Å². The van der Waals surface area contributed by atoms with Crippen molar-refractivity contribution in [2.24, 2.45) is 0 Å². The molecule has 33 nitrogen and oxygen atoms in total. The van der Waals surface area contributed by atoms with Crippen LogP contribution < -0.4 is 10.6 Å². The van der Waals surface area contributed by atoms with Crippen LogP contribution in [0.1, 0.15) is 13.8 Å². The third-order valence-electron chi connectivity index (χ3n) is 13.2. The normalized spacial score (nSPS) is 49.8. The number of hydrogen-bond acceptors (Lipinski definition) is 31. The summed E-state index contributed by atoms with van der Waals surface area (Å²) in [5.41, 5.74) is 0. The number of aliphatic hydroxyl groups excluding tert-OH is 18. The van der Waals surface area contributed by atoms with Crippen molar-refractivity contribution in [3.8, 4) is 0 Å². The zero-order chi connectivity index (χ0) is 53.9. The van der Waals surface area contributed by atoms with E-state index in [1.165, 1.54) is 0 Å². The average Bonchev–Trinajstić information content (AvgIpc) is 3.35. The molecule has 0 aromatic carbocycles. The zero-order valence-electron chi connectivity index (χ0n) is 38.9. The van der Waals surface area contributed by atoms with Gasteiger partial charge in [-0.2, -0.15) is 0 Å². The molecule has 73 heavy (non-hydrogen) atoms. The van der Waals surface area contributed by atoms with Gasteiger partial charge in [-0.1, -0.05) is 0 Å². The highest BCUT2D eigenvalue weighted by Gasteiger charge is 2.57. The van der Waals surface area contributed by atoms with Crippen molar-refractivity contribution in [2.75, 3.05) is 39.6 Å². The molecule has 6 aliphatic rings. The van der Waals surface area contributed by atoms with Crippen molar-refractivity contribution in [3.63, 3.8) is 0 Å². The summed E-state index contributed by atoms with van der Waals surface area (Å²) in [6.45, 7) is -3.57. The Morgan fingerprint density at radius 3 is 1.19 bits per heavy atom. The molecule has 424 valence electrons. The quantitative estimate of drug-likeness (QED) is 0.0606. The molecule has 6 heterocycles. The number of hydrogen-bond donors (Lipinski definition) is 20. The molecule has 20 N–H and O–H groups in total. The highest BCUT2D eigenvalue weighted by Crippen LogP contribution is 2.36. The Labute approximate surface area is 413 Å². The summed E-state index contributed by atoms with van der Waals surface area (Å²) in [6.07, 6.45) is -53.1. The first kappa shape index (κ1) is 60.0. The van der Waals surface area contributed by atoms with Gasteiger partial charge in [-0.05, 0) is 0 Å². The maximum atomic E-state index is 12.5. The molecular formula is C40H68N2O31. The summed E-state index contributed by atoms with van der Waals surface area (Å²) in [4.78, 5) is 24.4. The molecule has 0 bridgehead atoms. The minimum Gasteiger partial charge on any atom is -0.394 e. The van der Waals surface area contributed by atoms with Crippen molar-refractivity contribution >= 4 is 11.8 Å². The predicted octanol–water partition coefficient (Wildman–Crippen LogP) is -13.8. The molecular weight excluding hydrogens is 1000 g/mol. The molecule has 33 heteroatoms. The second-order valence-corrected chi connectivity index (χ2v) is 18.3. The van der Waals surface area contributed by atoms with Crippen LogP contribution in [0.3, 0.4) is 0 Å². The highest BCUT2D eigenvalue weighted by atomic mass is 16.8. The van der Waals surface area contributed by atoms with Crippen LogP contribution >= 0.6 is 0 Å². The van der Waals surface area contributed by atoms with Crippen LogP contribution in [0.15, 0.2) is 0 Å². The molecule has 30 atom stereocenters. The third kappa shape index (κ3) is 13.0. The standard InChI is InChI=1S/C40H68N2O31/c1-9(48)41-17-22(53)31(13(5-45)64-35(17)62)70-36-18(42-10(2)49)23(54)32(14(6-46)67-36)71-40-30(61)34(73-39-28(59)25(56)20(51)12(4-44)66-39)21(52)16(69-40)8-63-37-29(60)26(57)33(15(7-47)68-37)72-38-27(58)24(55)19(50)11(3-43)65-38/h11-40,43-47,50-62H,3-8H2,1-2H3,(H,41,48)(H,42,49)/t11-,12-,13-,14-,15-,16-,17-,18-,19-,20-,21-,22-,23-,24+,25+,26-,27+,28+,29+,30+,31-,32-,33-,34+,35-,36+,37+,38-,39-,40+/m1/s1. The van der Waals surface area contributed by atoms with Gasteiger partial charge in [-0.15, -0.1) is 0 Å². The molecule has 0 saturated carbocycles. The van der Waals surface area contributed by atoms with E-state index in [1.54, 1.807) is 0 Å². The lowest BCUT2D eigenvalue weighted by Crippen LogP contribution is -2.70. The van der Waals surface area contributed by atoms with Gasteiger partial charge < -0.3 is 155 Å². The molecule has 0 spiro atoms. The van der Waals surface area contributed by atoms with E-state index in [1.807, 2.05) is 0 Å². The van der Waals surface area contributed by atoms with Crippen molar-refractivity contribution in [3.05, 3.63) is 0 Å². The first-order valence-corrected chi connectivity index (χ1v) is 23.1. The van der Waals surface area contributed by atoms with Gasteiger partial charge in [0.05, 0.1) is 39.6 Å². The van der Waals surface area contributed by atoms with Crippen LogP contribution in [0.4, 0.5) is 0 Å². The number of ether oxygens (including phenoxy) is 11. The van der Waals surface area contributed by atoms with E-state index >= 15 is 0 Å². The number of carbonyl (C=O) groups is 2. The largest absolute Gasteiger partial charge is 0.394 e. The van der Waals surface area contributed by atoms with Crippen LogP contribution in [0, 0.1) is 0 Å². The van der Waals surface area contributed by atoms with Gasteiger partial charge in [-0.3, -0.25) is 9.59 Å². The summed E-state index contributed by atoms with van der Waals surface area (Å²) >= 11 is 0. The Morgan fingerprint density at radius 1 is 0.356 bits per heavy atom. The highest BCUT2D eigenvalue weighted by molar-refractivity contribution is 5.73. The fourth-order valence-corrected chi connectivity index (χ4v) is 9.22. The van der Waals surface area contributed by atoms with E-state index in [-0.39, 0.29) is 0 Å². The Morgan fingerprint density at radius 2 is 0.712 bits per heavy atom. The van der Waals surface area contributed by atoms with E-state index in [2.05, 4.69) is 10.6 Å². The molecule has 0 unspecified atom stereocenters. The number of aliphatic hydroxyl groups is 18. The molecule has 6 rings (SSSR count). The fraction of sp³-hybridized carbons (Fsp3) is 0.950. The Balaban J connectivity index is 1.24. The monoisotopic (exact) mass is 1070 g/mol. The van der Waals surface area contributed by atoms with Crippen molar-refractivity contribution < 1.29 is 154 Å². The minimum absolute atomic E-state index is 0.715. The molecule has 2 amide bonds. The topological polar surface area (TPSA) is 524 Å². The second-order valence-electron chi connectivity index (χ2n) is 18.3. The third-order valence-corrected chi connectivity index (χ3v) is 13.2. The van der Waals surface area contributed by atoms with Gasteiger partial charge in [-0.25, -0.2) is 0 Å². The predicted molar refractivity (Wildman–Crippen MR) is 222 cm³/mol. The molecule has 6 aliphatic heterocycles. The van der Waals surface area contributed by atoms with Gasteiger partial charge in [0.2, 0.25) is 11.8 Å². The zero-order valence-corrected chi connectivity index (χ0v) is 38.9. The van der Waals surface area contributed by atoms with Crippen LogP contribution in [0.5, 0.6) is 0 Å². The van der Waals surface area contributed by atoms with Crippen molar-refractivity contribution in [1.29, 1.82) is 0 Å². The number of carbonyl (C=O) groups excluding carboxylic acids is 2. The average molecular weight is 1070 g/mol. The Bertz CT molecular complexity index is 1740. The van der Waals surface area contributed by atoms with Crippen LogP contribution in [-0.4, -0.2) is 327 Å². The van der Waals surface area contributed by atoms with Gasteiger partial charge in [0.15, 0.2) is 37.7 Å². The molecule has 6 saturated heterocycles. The summed E-state index contributed by atoms with van der Waals surface area (Å²) in [5, 5.41) is 197. The SMILES string of the molecule is CC(=O)N[C@@H]1[C@@H](O)[C@H](O[C@@H]2O[C@H](CO)[C@@H](O[C@@H]3O[C@H](CO[C@H]4O[C@H](CO)[C@@H](O[C@H]5O[C@H](CO)[C@@H](O)[C@H](O)[C@@H]5O)[C@H](O)[C@@H]4O)[C@@H](O)[C@H](O[C@H]4O[C@H](CO)[C@@H](O)[C@H](O)[C@@H]4O)[C@@H]3O)[C@H](O)[C@H]2NC(C)=O)[C@@H](CO)O[C@H]1O. The first-order valence-electron chi connectivity index (χ1n) is 23.1. The molecule has 0 aromatic rings. The Hall–Kier alpha value is -2.22. The second kappa shape index (κ2) is 26.0. The van der Waals surface area contributed by atoms with Gasteiger partial charge in [0.25, 0.3) is 0 Å². The van der Waals surface area contributed by atoms with E-state index in [9.17, 15) is 102 Å². The smallest absolute Gasteiger partial charge is 0.217 e. The van der Waals surface area contributed by atoms with Gasteiger partial charge in [0.1, 0.15) is 146 Å². The lowest BCUT2D eigenvalue weighted by molar-refractivity contribution is -0.386. The first-order chi connectivity index (χ1) is 34.5. The van der Waals surface area contributed by atoms with Crippen LogP contribution in [0.25, 0.3) is 0 Å². The lowest BCUT2D eigenvalue weighted by Gasteiger charge is -2.50. The fourth-order valence-electron chi connectivity index (χ4n) is 9.22. The number of rotatable bonds is 18. The maximum Gasteiger partial charge on any atom is 0.217 e. The van der Waals surface area contributed by atoms with Gasteiger partial charge in [0, 0.05) is 13.8 Å². The Kier molecular flexibility index (Phi) is 21.3. The summed E-state index contributed by atoms with van der Waals surface area (Å²) < 4.78 is 62.4. The lowest BCUT2D eigenvalue weighted by atomic mass is 9.94. The summed E-state index contributed by atoms with van der Waals surface area (Å²) in [5.74, 6) is -1.55. The van der Waals surface area contributed by atoms with Crippen LogP contribution in [-0.2, 0) is 61.7 Å². The molecule has 6 fully saturated rings. The maximum absolute atomic E-state index is 12.5. The van der Waals surface area contributed by atoms with Crippen molar-refractivity contribution in [1.82, 2.24) is 10.6 Å².